The van der Waals surface area contributed by atoms with Gasteiger partial charge in [0.05, 0.1) is 15.9 Å². The number of carbonyl (C=O) groups excluding carboxylic acids is 1. The van der Waals surface area contributed by atoms with Crippen molar-refractivity contribution in [3.8, 4) is 17.2 Å². The van der Waals surface area contributed by atoms with Crippen LogP contribution in [-0.2, 0) is 4.79 Å². The second-order valence-electron chi connectivity index (χ2n) is 5.53. The SMILES string of the molecule is Cc1cc(O)cc(C(C)c2cc(O)c(OC=O)cc2[N+](=O)[O-])c1[N+](=O)[O-]. The number of carbonyl (C=O) groups is 1. The zero-order chi connectivity index (χ0) is 19.6. The van der Waals surface area contributed by atoms with Gasteiger partial charge in [0, 0.05) is 22.6 Å². The van der Waals surface area contributed by atoms with Crippen molar-refractivity contribution in [3.63, 3.8) is 0 Å². The highest BCUT2D eigenvalue weighted by Crippen LogP contribution is 2.43. The van der Waals surface area contributed by atoms with E-state index in [0.29, 0.717) is 0 Å². The quantitative estimate of drug-likeness (QED) is 0.452. The van der Waals surface area contributed by atoms with E-state index in [-0.39, 0.29) is 34.6 Å². The van der Waals surface area contributed by atoms with Gasteiger partial charge >= 0.3 is 0 Å². The Hall–Kier alpha value is -3.69. The number of hydrogen-bond acceptors (Lipinski definition) is 8. The van der Waals surface area contributed by atoms with E-state index in [4.69, 9.17) is 0 Å². The summed E-state index contributed by atoms with van der Waals surface area (Å²) in [6.07, 6.45) is 0. The third-order valence-electron chi connectivity index (χ3n) is 3.91. The van der Waals surface area contributed by atoms with Crippen molar-refractivity contribution in [1.29, 1.82) is 0 Å². The smallest absolute Gasteiger partial charge is 0.298 e. The van der Waals surface area contributed by atoms with Gasteiger partial charge in [0.2, 0.25) is 0 Å². The van der Waals surface area contributed by atoms with Crippen LogP contribution in [0, 0.1) is 27.2 Å². The lowest BCUT2D eigenvalue weighted by Gasteiger charge is -2.16. The molecule has 0 saturated carbocycles. The largest absolute Gasteiger partial charge is 0.508 e. The van der Waals surface area contributed by atoms with Crippen LogP contribution in [0.5, 0.6) is 17.2 Å². The van der Waals surface area contributed by atoms with Gasteiger partial charge in [-0.1, -0.05) is 6.92 Å². The zero-order valence-electron chi connectivity index (χ0n) is 13.7. The fraction of sp³-hybridized carbons (Fsp3) is 0.188. The van der Waals surface area contributed by atoms with Crippen LogP contribution in [-0.4, -0.2) is 26.5 Å². The van der Waals surface area contributed by atoms with Gasteiger partial charge < -0.3 is 14.9 Å². The summed E-state index contributed by atoms with van der Waals surface area (Å²) in [5.41, 5.74) is -0.609. The molecule has 0 bridgehead atoms. The topological polar surface area (TPSA) is 153 Å². The summed E-state index contributed by atoms with van der Waals surface area (Å²) in [4.78, 5) is 31.8. The Balaban J connectivity index is 2.73. The van der Waals surface area contributed by atoms with Crippen molar-refractivity contribution in [2.24, 2.45) is 0 Å². The molecule has 1 unspecified atom stereocenters. The maximum atomic E-state index is 11.4. The molecule has 10 heteroatoms. The molecule has 2 aromatic rings. The van der Waals surface area contributed by atoms with E-state index in [9.17, 15) is 35.2 Å². The molecule has 0 radical (unpaired) electrons. The molecule has 2 rings (SSSR count). The molecule has 0 aliphatic rings. The molecule has 10 nitrogen and oxygen atoms in total. The number of phenols is 2. The van der Waals surface area contributed by atoms with E-state index >= 15 is 0 Å². The van der Waals surface area contributed by atoms with Gasteiger partial charge in [0.15, 0.2) is 11.5 Å². The second kappa shape index (κ2) is 7.05. The van der Waals surface area contributed by atoms with Crippen LogP contribution in [0.1, 0.15) is 29.5 Å². The van der Waals surface area contributed by atoms with E-state index < -0.39 is 33.0 Å². The zero-order valence-corrected chi connectivity index (χ0v) is 13.7. The number of nitrogens with zero attached hydrogens (tertiary/aromatic N) is 2. The lowest BCUT2D eigenvalue weighted by Crippen LogP contribution is -2.06. The van der Waals surface area contributed by atoms with Gasteiger partial charge in [-0.05, 0) is 25.1 Å². The minimum Gasteiger partial charge on any atom is -0.508 e. The molecule has 0 aromatic heterocycles. The Bertz CT molecular complexity index is 910. The first-order chi connectivity index (χ1) is 12.2. The van der Waals surface area contributed by atoms with E-state index in [2.05, 4.69) is 4.74 Å². The number of phenolic OH excluding ortho intramolecular Hbond substituents is 2. The molecule has 136 valence electrons. The molecule has 0 saturated heterocycles. The number of hydrogen-bond donors (Lipinski definition) is 2. The Morgan fingerprint density at radius 1 is 1.08 bits per heavy atom. The predicted molar refractivity (Wildman–Crippen MR) is 88.5 cm³/mol. The number of ether oxygens (including phenoxy) is 1. The third kappa shape index (κ3) is 3.38. The van der Waals surface area contributed by atoms with E-state index in [1.165, 1.54) is 19.9 Å². The molecule has 0 amide bonds. The molecular weight excluding hydrogens is 348 g/mol. The van der Waals surface area contributed by atoms with Crippen LogP contribution in [0.15, 0.2) is 24.3 Å². The summed E-state index contributed by atoms with van der Waals surface area (Å²) in [6.45, 7) is 2.90. The number of nitro benzene ring substituents is 2. The maximum absolute atomic E-state index is 11.4. The van der Waals surface area contributed by atoms with Gasteiger partial charge in [0.1, 0.15) is 5.75 Å². The molecule has 2 N–H and O–H groups in total. The maximum Gasteiger partial charge on any atom is 0.298 e. The normalized spacial score (nSPS) is 11.6. The fourth-order valence-corrected chi connectivity index (χ4v) is 2.76. The van der Waals surface area contributed by atoms with E-state index in [0.717, 1.165) is 18.2 Å². The van der Waals surface area contributed by atoms with E-state index in [1.54, 1.807) is 0 Å². The summed E-state index contributed by atoms with van der Waals surface area (Å²) >= 11 is 0. The summed E-state index contributed by atoms with van der Waals surface area (Å²) in [5.74, 6) is -2.10. The van der Waals surface area contributed by atoms with Crippen LogP contribution in [0.4, 0.5) is 11.4 Å². The molecule has 0 heterocycles. The molecule has 26 heavy (non-hydrogen) atoms. The summed E-state index contributed by atoms with van der Waals surface area (Å²) in [6, 6.07) is 4.22. The van der Waals surface area contributed by atoms with Crippen molar-refractivity contribution in [2.45, 2.75) is 19.8 Å². The molecular formula is C16H14N2O8. The first kappa shape index (κ1) is 18.6. The standard InChI is InChI=1S/C16H14N2O8/c1-8-3-10(20)4-12(16(8)18(24)25)9(2)11-5-14(21)15(26-7-19)6-13(11)17(22)23/h3-7,9,20-21H,1-2H3. The van der Waals surface area contributed by atoms with Gasteiger partial charge in [-0.3, -0.25) is 25.0 Å². The molecule has 1 atom stereocenters. The average molecular weight is 362 g/mol. The van der Waals surface area contributed by atoms with Gasteiger partial charge in [-0.15, -0.1) is 0 Å². The summed E-state index contributed by atoms with van der Waals surface area (Å²) in [5, 5.41) is 42.5. The number of aryl methyl sites for hydroxylation is 1. The van der Waals surface area contributed by atoms with Crippen LogP contribution >= 0.6 is 0 Å². The number of aromatic hydroxyl groups is 2. The van der Waals surface area contributed by atoms with Gasteiger partial charge in [-0.25, -0.2) is 0 Å². The highest BCUT2D eigenvalue weighted by molar-refractivity contribution is 5.62. The van der Waals surface area contributed by atoms with Crippen LogP contribution in [0.25, 0.3) is 0 Å². The van der Waals surface area contributed by atoms with Crippen molar-refractivity contribution in [2.75, 3.05) is 0 Å². The third-order valence-corrected chi connectivity index (χ3v) is 3.91. The molecule has 0 aliphatic carbocycles. The summed E-state index contributed by atoms with van der Waals surface area (Å²) in [7, 11) is 0. The Morgan fingerprint density at radius 2 is 1.73 bits per heavy atom. The molecule has 2 aromatic carbocycles. The van der Waals surface area contributed by atoms with Gasteiger partial charge in [0.25, 0.3) is 17.8 Å². The highest BCUT2D eigenvalue weighted by Gasteiger charge is 2.30. The molecule has 0 aliphatic heterocycles. The van der Waals surface area contributed by atoms with Crippen molar-refractivity contribution >= 4 is 17.8 Å². The first-order valence-corrected chi connectivity index (χ1v) is 7.26. The van der Waals surface area contributed by atoms with E-state index in [1.807, 2.05) is 0 Å². The van der Waals surface area contributed by atoms with Crippen LogP contribution < -0.4 is 4.74 Å². The summed E-state index contributed by atoms with van der Waals surface area (Å²) < 4.78 is 4.48. The van der Waals surface area contributed by atoms with Crippen molar-refractivity contribution < 1.29 is 29.6 Å². The highest BCUT2D eigenvalue weighted by atomic mass is 16.6. The number of nitro groups is 2. The molecule has 0 spiro atoms. The second-order valence-corrected chi connectivity index (χ2v) is 5.53. The van der Waals surface area contributed by atoms with Crippen LogP contribution in [0.3, 0.4) is 0 Å². The number of rotatable bonds is 6. The fourth-order valence-electron chi connectivity index (χ4n) is 2.76. The Morgan fingerprint density at radius 3 is 2.27 bits per heavy atom. The lowest BCUT2D eigenvalue weighted by molar-refractivity contribution is -0.387. The lowest BCUT2D eigenvalue weighted by atomic mass is 9.89. The van der Waals surface area contributed by atoms with Gasteiger partial charge in [-0.2, -0.15) is 0 Å². The minimum atomic E-state index is -0.919. The average Bonchev–Trinajstić information content (AvgIpc) is 2.54. The monoisotopic (exact) mass is 362 g/mol. The van der Waals surface area contributed by atoms with Crippen molar-refractivity contribution in [3.05, 3.63) is 61.2 Å². The van der Waals surface area contributed by atoms with Crippen LogP contribution in [0.2, 0.25) is 0 Å². The molecule has 0 fully saturated rings. The minimum absolute atomic E-state index is 0.00527. The Kier molecular flexibility index (Phi) is 5.06. The Labute approximate surface area is 146 Å². The van der Waals surface area contributed by atoms with Crippen molar-refractivity contribution in [1.82, 2.24) is 0 Å². The number of benzene rings is 2. The predicted octanol–water partition coefficient (Wildman–Crippen LogP) is 2.91. The first-order valence-electron chi connectivity index (χ1n) is 7.26.